The van der Waals surface area contributed by atoms with Gasteiger partial charge >= 0.3 is 0 Å². The van der Waals surface area contributed by atoms with E-state index in [0.29, 0.717) is 32.6 Å². The minimum absolute atomic E-state index is 0.0182. The van der Waals surface area contributed by atoms with E-state index in [2.05, 4.69) is 10.6 Å². The topological polar surface area (TPSA) is 61.4 Å². The molecular formula is C21H23F2N3O2. The van der Waals surface area contributed by atoms with Gasteiger partial charge in [0.15, 0.2) is 0 Å². The lowest BCUT2D eigenvalue weighted by Crippen LogP contribution is -2.56. The zero-order valence-electron chi connectivity index (χ0n) is 15.5. The van der Waals surface area contributed by atoms with Crippen molar-refractivity contribution in [3.8, 4) is 0 Å². The fourth-order valence-electron chi connectivity index (χ4n) is 3.33. The zero-order chi connectivity index (χ0) is 19.9. The Bertz CT molecular complexity index is 844. The highest BCUT2D eigenvalue weighted by Gasteiger charge is 2.31. The smallest absolute Gasteiger partial charge is 0.237 e. The average Bonchev–Trinajstić information content (AvgIpc) is 2.65. The molecule has 2 N–H and O–H groups in total. The summed E-state index contributed by atoms with van der Waals surface area (Å²) in [5, 5.41) is 5.56. The van der Waals surface area contributed by atoms with Crippen molar-refractivity contribution in [1.29, 1.82) is 0 Å². The molecule has 1 unspecified atom stereocenters. The number of piperazine rings is 1. The summed E-state index contributed by atoms with van der Waals surface area (Å²) in [6.07, 6.45) is 0.525. The summed E-state index contributed by atoms with van der Waals surface area (Å²) in [5.41, 5.74) is 1.55. The molecule has 0 spiro atoms. The zero-order valence-corrected chi connectivity index (χ0v) is 15.5. The Morgan fingerprint density at radius 1 is 1.11 bits per heavy atom. The number of carbonyl (C=O) groups is 2. The van der Waals surface area contributed by atoms with Gasteiger partial charge in [-0.25, -0.2) is 8.78 Å². The number of nitrogens with one attached hydrogen (secondary N) is 2. The number of hydrogen-bond donors (Lipinski definition) is 2. The molecule has 5 nitrogen and oxygen atoms in total. The number of nitrogens with zero attached hydrogens (tertiary/aromatic N) is 1. The fraction of sp³-hybridized carbons (Fsp3) is 0.333. The van der Waals surface area contributed by atoms with Crippen LogP contribution in [-0.4, -0.2) is 42.4 Å². The molecule has 2 aromatic rings. The van der Waals surface area contributed by atoms with Gasteiger partial charge in [-0.1, -0.05) is 24.3 Å². The van der Waals surface area contributed by atoms with Crippen molar-refractivity contribution in [2.75, 3.05) is 19.6 Å². The largest absolute Gasteiger partial charge is 0.356 e. The van der Waals surface area contributed by atoms with E-state index in [9.17, 15) is 18.4 Å². The minimum atomic E-state index is -0.605. The van der Waals surface area contributed by atoms with E-state index in [-0.39, 0.29) is 29.9 Å². The van der Waals surface area contributed by atoms with Gasteiger partial charge in [-0.05, 0) is 41.8 Å². The number of rotatable bonds is 7. The molecule has 0 radical (unpaired) electrons. The first-order chi connectivity index (χ1) is 13.5. The van der Waals surface area contributed by atoms with E-state index in [1.165, 1.54) is 24.3 Å². The Hall–Kier alpha value is -2.80. The monoisotopic (exact) mass is 387 g/mol. The molecule has 0 aromatic heterocycles. The Labute approximate surface area is 162 Å². The van der Waals surface area contributed by atoms with Crippen molar-refractivity contribution in [1.82, 2.24) is 15.5 Å². The summed E-state index contributed by atoms with van der Waals surface area (Å²) in [6.45, 7) is 1.84. The molecule has 3 rings (SSSR count). The highest BCUT2D eigenvalue weighted by atomic mass is 19.1. The molecule has 1 aliphatic heterocycles. The number of carbonyl (C=O) groups excluding carboxylic acids is 2. The van der Waals surface area contributed by atoms with E-state index < -0.39 is 6.04 Å². The lowest BCUT2D eigenvalue weighted by atomic mass is 10.1. The lowest BCUT2D eigenvalue weighted by molar-refractivity contribution is -0.134. The Kier molecular flexibility index (Phi) is 6.71. The predicted molar refractivity (Wildman–Crippen MR) is 101 cm³/mol. The molecule has 7 heteroatoms. The Balaban J connectivity index is 1.54. The highest BCUT2D eigenvalue weighted by molar-refractivity contribution is 5.88. The van der Waals surface area contributed by atoms with Crippen LogP contribution in [0.4, 0.5) is 8.78 Å². The molecule has 1 fully saturated rings. The van der Waals surface area contributed by atoms with Gasteiger partial charge in [-0.15, -0.1) is 0 Å². The van der Waals surface area contributed by atoms with Crippen LogP contribution in [0.25, 0.3) is 0 Å². The molecule has 1 saturated heterocycles. The van der Waals surface area contributed by atoms with Crippen LogP contribution < -0.4 is 10.6 Å². The van der Waals surface area contributed by atoms with Crippen LogP contribution in [0, 0.1) is 11.6 Å². The SMILES string of the molecule is O=C(CC1C(=O)NCCN1Cc1cccc(F)c1)NCCc1cccc(F)c1. The van der Waals surface area contributed by atoms with E-state index in [1.54, 1.807) is 24.3 Å². The van der Waals surface area contributed by atoms with Gasteiger partial charge in [0.2, 0.25) is 11.8 Å². The highest BCUT2D eigenvalue weighted by Crippen LogP contribution is 2.15. The molecule has 1 atom stereocenters. The third-order valence-electron chi connectivity index (χ3n) is 4.72. The maximum atomic E-state index is 13.4. The predicted octanol–water partition coefficient (Wildman–Crippen LogP) is 2.01. The number of halogens is 2. The molecule has 1 heterocycles. The molecule has 2 aromatic carbocycles. The third kappa shape index (κ3) is 5.60. The first-order valence-electron chi connectivity index (χ1n) is 9.28. The molecule has 28 heavy (non-hydrogen) atoms. The van der Waals surface area contributed by atoms with Gasteiger partial charge in [-0.2, -0.15) is 0 Å². The molecule has 2 amide bonds. The van der Waals surface area contributed by atoms with Gasteiger partial charge < -0.3 is 10.6 Å². The van der Waals surface area contributed by atoms with Crippen molar-refractivity contribution in [2.45, 2.75) is 25.4 Å². The van der Waals surface area contributed by atoms with E-state index in [4.69, 9.17) is 0 Å². The summed E-state index contributed by atoms with van der Waals surface area (Å²) < 4.78 is 26.6. The fourth-order valence-corrected chi connectivity index (χ4v) is 3.33. The van der Waals surface area contributed by atoms with Crippen LogP contribution in [0.3, 0.4) is 0 Å². The van der Waals surface area contributed by atoms with Gasteiger partial charge in [0.05, 0.1) is 12.5 Å². The van der Waals surface area contributed by atoms with Crippen LogP contribution in [0.5, 0.6) is 0 Å². The van der Waals surface area contributed by atoms with Crippen molar-refractivity contribution >= 4 is 11.8 Å². The molecule has 1 aliphatic rings. The molecular weight excluding hydrogens is 364 g/mol. The second kappa shape index (κ2) is 9.41. The summed E-state index contributed by atoms with van der Waals surface area (Å²) in [6, 6.07) is 11.9. The lowest BCUT2D eigenvalue weighted by Gasteiger charge is -2.34. The first kappa shape index (κ1) is 19.9. The standard InChI is InChI=1S/C21H23F2N3O2/c22-17-5-1-3-15(11-17)7-8-24-20(27)13-19-21(28)25-9-10-26(19)14-16-4-2-6-18(23)12-16/h1-6,11-12,19H,7-10,13-14H2,(H,24,27)(H,25,28). The summed E-state index contributed by atoms with van der Waals surface area (Å²) in [7, 11) is 0. The molecule has 0 saturated carbocycles. The van der Waals surface area contributed by atoms with Crippen LogP contribution in [0.2, 0.25) is 0 Å². The van der Waals surface area contributed by atoms with E-state index >= 15 is 0 Å². The van der Waals surface area contributed by atoms with Gasteiger partial charge in [-0.3, -0.25) is 14.5 Å². The molecule has 0 aliphatic carbocycles. The van der Waals surface area contributed by atoms with Crippen LogP contribution in [-0.2, 0) is 22.6 Å². The molecule has 0 bridgehead atoms. The van der Waals surface area contributed by atoms with E-state index in [0.717, 1.165) is 11.1 Å². The van der Waals surface area contributed by atoms with Crippen LogP contribution >= 0.6 is 0 Å². The van der Waals surface area contributed by atoms with Crippen LogP contribution in [0.15, 0.2) is 48.5 Å². The second-order valence-electron chi connectivity index (χ2n) is 6.84. The quantitative estimate of drug-likeness (QED) is 0.764. The Morgan fingerprint density at radius 3 is 2.50 bits per heavy atom. The second-order valence-corrected chi connectivity index (χ2v) is 6.84. The van der Waals surface area contributed by atoms with Crippen molar-refractivity contribution in [2.24, 2.45) is 0 Å². The van der Waals surface area contributed by atoms with Gasteiger partial charge in [0, 0.05) is 26.2 Å². The average molecular weight is 387 g/mol. The third-order valence-corrected chi connectivity index (χ3v) is 4.72. The Morgan fingerprint density at radius 2 is 1.79 bits per heavy atom. The maximum absolute atomic E-state index is 13.4. The summed E-state index contributed by atoms with van der Waals surface area (Å²) in [5.74, 6) is -1.09. The summed E-state index contributed by atoms with van der Waals surface area (Å²) >= 11 is 0. The van der Waals surface area contributed by atoms with Crippen molar-refractivity contribution in [3.63, 3.8) is 0 Å². The van der Waals surface area contributed by atoms with Crippen molar-refractivity contribution < 1.29 is 18.4 Å². The maximum Gasteiger partial charge on any atom is 0.237 e. The minimum Gasteiger partial charge on any atom is -0.356 e. The van der Waals surface area contributed by atoms with E-state index in [1.807, 2.05) is 4.90 Å². The first-order valence-corrected chi connectivity index (χ1v) is 9.28. The normalized spacial score (nSPS) is 17.2. The molecule has 148 valence electrons. The van der Waals surface area contributed by atoms with Gasteiger partial charge in [0.1, 0.15) is 11.6 Å². The summed E-state index contributed by atoms with van der Waals surface area (Å²) in [4.78, 5) is 26.5. The van der Waals surface area contributed by atoms with Crippen LogP contribution in [0.1, 0.15) is 17.5 Å². The number of hydrogen-bond acceptors (Lipinski definition) is 3. The van der Waals surface area contributed by atoms with Gasteiger partial charge in [0.25, 0.3) is 0 Å². The number of benzene rings is 2. The number of amides is 2. The van der Waals surface area contributed by atoms with Crippen molar-refractivity contribution in [3.05, 3.63) is 71.3 Å².